The van der Waals surface area contributed by atoms with Gasteiger partial charge in [-0.25, -0.2) is 0 Å². The van der Waals surface area contributed by atoms with Crippen LogP contribution in [0, 0.1) is 0 Å². The van der Waals surface area contributed by atoms with Crippen LogP contribution in [-0.2, 0) is 4.79 Å². The van der Waals surface area contributed by atoms with Gasteiger partial charge >= 0.3 is 5.97 Å². The van der Waals surface area contributed by atoms with Gasteiger partial charge in [-0.2, -0.15) is 0 Å². The first-order chi connectivity index (χ1) is 9.93. The van der Waals surface area contributed by atoms with Crippen LogP contribution in [0.25, 0.3) is 0 Å². The molecule has 0 saturated carbocycles. The van der Waals surface area contributed by atoms with Crippen molar-refractivity contribution in [1.29, 1.82) is 0 Å². The molecule has 1 heterocycles. The van der Waals surface area contributed by atoms with Gasteiger partial charge in [-0.05, 0) is 50.9 Å². The zero-order valence-electron chi connectivity index (χ0n) is 13.0. The largest absolute Gasteiger partial charge is 0.493 e. The van der Waals surface area contributed by atoms with E-state index in [1.165, 1.54) is 0 Å². The lowest BCUT2D eigenvalue weighted by Crippen LogP contribution is -2.48. The number of nitrogens with zero attached hydrogens (tertiary/aromatic N) is 1. The van der Waals surface area contributed by atoms with Gasteiger partial charge in [-0.3, -0.25) is 9.69 Å². The molecule has 2 rings (SSSR count). The summed E-state index contributed by atoms with van der Waals surface area (Å²) >= 11 is 0. The van der Waals surface area contributed by atoms with E-state index < -0.39 is 11.5 Å². The maximum absolute atomic E-state index is 11.6. The zero-order chi connectivity index (χ0) is 15.6. The first-order valence-electron chi connectivity index (χ1n) is 7.16. The van der Waals surface area contributed by atoms with Crippen molar-refractivity contribution >= 4 is 5.97 Å². The van der Waals surface area contributed by atoms with Gasteiger partial charge < -0.3 is 14.6 Å². The van der Waals surface area contributed by atoms with Crippen molar-refractivity contribution in [2.24, 2.45) is 0 Å². The van der Waals surface area contributed by atoms with E-state index in [0.717, 1.165) is 18.5 Å². The Morgan fingerprint density at radius 1 is 1.33 bits per heavy atom. The van der Waals surface area contributed by atoms with Crippen LogP contribution in [0.5, 0.6) is 11.5 Å². The Labute approximate surface area is 125 Å². The molecule has 1 N–H and O–H groups in total. The second-order valence-electron chi connectivity index (χ2n) is 5.67. The highest BCUT2D eigenvalue weighted by molar-refractivity contribution is 5.78. The minimum Gasteiger partial charge on any atom is -0.493 e. The quantitative estimate of drug-likeness (QED) is 0.904. The topological polar surface area (TPSA) is 59.0 Å². The van der Waals surface area contributed by atoms with Crippen molar-refractivity contribution in [1.82, 2.24) is 4.90 Å². The lowest BCUT2D eigenvalue weighted by atomic mass is 9.96. The van der Waals surface area contributed by atoms with E-state index in [1.807, 2.05) is 25.1 Å². The Morgan fingerprint density at radius 2 is 2.00 bits per heavy atom. The molecule has 1 aliphatic rings. The minimum atomic E-state index is -0.799. The third kappa shape index (κ3) is 2.70. The Kier molecular flexibility index (Phi) is 4.42. The molecule has 0 aromatic heterocycles. The van der Waals surface area contributed by atoms with Crippen LogP contribution < -0.4 is 9.47 Å². The van der Waals surface area contributed by atoms with Crippen molar-refractivity contribution in [3.8, 4) is 11.5 Å². The average molecular weight is 293 g/mol. The Balaban J connectivity index is 2.31. The number of likely N-dealkylation sites (tertiary alicyclic amines) is 1. The molecule has 5 heteroatoms. The van der Waals surface area contributed by atoms with Crippen LogP contribution in [0.3, 0.4) is 0 Å². The summed E-state index contributed by atoms with van der Waals surface area (Å²) in [5, 5.41) is 9.54. The summed E-state index contributed by atoms with van der Waals surface area (Å²) in [6.07, 6.45) is 1.58. The summed E-state index contributed by atoms with van der Waals surface area (Å²) in [6, 6.07) is 5.75. The van der Waals surface area contributed by atoms with Crippen LogP contribution in [0.2, 0.25) is 0 Å². The molecule has 1 aliphatic heterocycles. The number of benzene rings is 1. The second kappa shape index (κ2) is 5.93. The highest BCUT2D eigenvalue weighted by Crippen LogP contribution is 2.39. The zero-order valence-corrected chi connectivity index (χ0v) is 13.0. The molecule has 0 aliphatic carbocycles. The number of ether oxygens (including phenoxy) is 2. The summed E-state index contributed by atoms with van der Waals surface area (Å²) in [5.41, 5.74) is 0.231. The summed E-state index contributed by atoms with van der Waals surface area (Å²) in [6.45, 7) is 4.63. The van der Waals surface area contributed by atoms with Gasteiger partial charge in [-0.1, -0.05) is 6.07 Å². The maximum Gasteiger partial charge on any atom is 0.323 e. The van der Waals surface area contributed by atoms with Crippen LogP contribution >= 0.6 is 0 Å². The van der Waals surface area contributed by atoms with E-state index in [4.69, 9.17) is 9.47 Å². The SMILES string of the molecule is COc1ccc(C(C)N2CCCC2(C)C(=O)O)cc1OC. The fourth-order valence-electron chi connectivity index (χ4n) is 3.13. The Morgan fingerprint density at radius 3 is 2.57 bits per heavy atom. The smallest absolute Gasteiger partial charge is 0.323 e. The van der Waals surface area contributed by atoms with Gasteiger partial charge in [0.2, 0.25) is 0 Å². The van der Waals surface area contributed by atoms with E-state index in [9.17, 15) is 9.90 Å². The number of aliphatic carboxylic acids is 1. The number of methoxy groups -OCH3 is 2. The molecule has 5 nitrogen and oxygen atoms in total. The van der Waals surface area contributed by atoms with E-state index in [2.05, 4.69) is 4.90 Å². The van der Waals surface area contributed by atoms with Gasteiger partial charge in [0.1, 0.15) is 5.54 Å². The molecule has 0 amide bonds. The van der Waals surface area contributed by atoms with Gasteiger partial charge in [0.05, 0.1) is 14.2 Å². The molecule has 116 valence electrons. The Bertz CT molecular complexity index is 531. The Hall–Kier alpha value is -1.75. The summed E-state index contributed by atoms with van der Waals surface area (Å²) in [7, 11) is 3.20. The fourth-order valence-corrected chi connectivity index (χ4v) is 3.13. The highest BCUT2D eigenvalue weighted by Gasteiger charge is 2.45. The molecule has 0 bridgehead atoms. The lowest BCUT2D eigenvalue weighted by molar-refractivity contribution is -0.149. The number of hydrogen-bond donors (Lipinski definition) is 1. The van der Waals surface area contributed by atoms with Gasteiger partial charge in [0.15, 0.2) is 11.5 Å². The predicted octanol–water partition coefficient (Wildman–Crippen LogP) is 2.70. The van der Waals surface area contributed by atoms with E-state index >= 15 is 0 Å². The lowest BCUT2D eigenvalue weighted by Gasteiger charge is -2.36. The van der Waals surface area contributed by atoms with Crippen LogP contribution in [-0.4, -0.2) is 42.3 Å². The summed E-state index contributed by atoms with van der Waals surface area (Å²) in [4.78, 5) is 13.7. The standard InChI is InChI=1S/C16H23NO4/c1-11(17-9-5-8-16(17,2)15(18)19)12-6-7-13(20-3)14(10-12)21-4/h6-7,10-11H,5,8-9H2,1-4H3,(H,18,19). The molecule has 2 atom stereocenters. The predicted molar refractivity (Wildman–Crippen MR) is 79.9 cm³/mol. The van der Waals surface area contributed by atoms with Crippen LogP contribution in [0.15, 0.2) is 18.2 Å². The third-order valence-corrected chi connectivity index (χ3v) is 4.51. The minimum absolute atomic E-state index is 0.00778. The van der Waals surface area contributed by atoms with Crippen LogP contribution in [0.1, 0.15) is 38.3 Å². The van der Waals surface area contributed by atoms with Gasteiger partial charge in [0, 0.05) is 6.04 Å². The first-order valence-corrected chi connectivity index (χ1v) is 7.16. The van der Waals surface area contributed by atoms with Crippen molar-refractivity contribution in [3.05, 3.63) is 23.8 Å². The maximum atomic E-state index is 11.6. The van der Waals surface area contributed by atoms with Crippen molar-refractivity contribution in [3.63, 3.8) is 0 Å². The second-order valence-corrected chi connectivity index (χ2v) is 5.67. The number of carboxylic acid groups (broad SMARTS) is 1. The number of carbonyl (C=O) groups is 1. The molecule has 2 unspecified atom stereocenters. The first kappa shape index (κ1) is 15.6. The third-order valence-electron chi connectivity index (χ3n) is 4.51. The molecule has 0 spiro atoms. The molecular formula is C16H23NO4. The molecule has 1 aromatic carbocycles. The molecule has 1 fully saturated rings. The normalized spacial score (nSPS) is 23.8. The monoisotopic (exact) mass is 293 g/mol. The highest BCUT2D eigenvalue weighted by atomic mass is 16.5. The van der Waals surface area contributed by atoms with E-state index in [1.54, 1.807) is 21.1 Å². The molecule has 0 radical (unpaired) electrons. The van der Waals surface area contributed by atoms with Crippen LogP contribution in [0.4, 0.5) is 0 Å². The number of hydrogen-bond acceptors (Lipinski definition) is 4. The summed E-state index contributed by atoms with van der Waals surface area (Å²) < 4.78 is 10.6. The van der Waals surface area contributed by atoms with E-state index in [-0.39, 0.29) is 6.04 Å². The van der Waals surface area contributed by atoms with Gasteiger partial charge in [0.25, 0.3) is 0 Å². The van der Waals surface area contributed by atoms with Crippen molar-refractivity contribution in [2.45, 2.75) is 38.3 Å². The van der Waals surface area contributed by atoms with Crippen molar-refractivity contribution < 1.29 is 19.4 Å². The average Bonchev–Trinajstić information content (AvgIpc) is 2.89. The number of carboxylic acids is 1. The van der Waals surface area contributed by atoms with Crippen molar-refractivity contribution in [2.75, 3.05) is 20.8 Å². The van der Waals surface area contributed by atoms with E-state index in [0.29, 0.717) is 17.9 Å². The molecular weight excluding hydrogens is 270 g/mol. The molecule has 1 saturated heterocycles. The molecule has 1 aromatic rings. The number of rotatable bonds is 5. The fraction of sp³-hybridized carbons (Fsp3) is 0.562. The summed E-state index contributed by atoms with van der Waals surface area (Å²) in [5.74, 6) is 0.585. The molecule has 21 heavy (non-hydrogen) atoms. The van der Waals surface area contributed by atoms with Gasteiger partial charge in [-0.15, -0.1) is 0 Å².